The van der Waals surface area contributed by atoms with Gasteiger partial charge < -0.3 is 0 Å². The maximum atomic E-state index is 6.53. The summed E-state index contributed by atoms with van der Waals surface area (Å²) in [6, 6.07) is 5.68. The third kappa shape index (κ3) is 4.35. The Labute approximate surface area is 119 Å². The molecule has 0 aliphatic rings. The van der Waals surface area contributed by atoms with Gasteiger partial charge in [-0.05, 0) is 30.0 Å². The van der Waals surface area contributed by atoms with E-state index in [2.05, 4.69) is 13.8 Å². The first-order chi connectivity index (χ1) is 8.10. The molecule has 96 valence electrons. The van der Waals surface area contributed by atoms with Crippen molar-refractivity contribution < 1.29 is 0 Å². The third-order valence-electron chi connectivity index (χ3n) is 3.13. The maximum absolute atomic E-state index is 6.53. The fraction of sp³-hybridized carbons (Fsp3) is 0.571. The van der Waals surface area contributed by atoms with Crippen LogP contribution in [-0.2, 0) is 0 Å². The molecule has 0 bridgehead atoms. The van der Waals surface area contributed by atoms with Crippen LogP contribution in [0.4, 0.5) is 0 Å². The van der Waals surface area contributed by atoms with Gasteiger partial charge in [-0.25, -0.2) is 0 Å². The molecule has 0 aliphatic carbocycles. The second-order valence-corrected chi connectivity index (χ2v) is 5.67. The second kappa shape index (κ2) is 7.51. The number of hydrogen-bond acceptors (Lipinski definition) is 0. The highest BCUT2D eigenvalue weighted by Gasteiger charge is 2.19. The van der Waals surface area contributed by atoms with Gasteiger partial charge in [0.2, 0.25) is 0 Å². The number of rotatable bonds is 6. The average molecular weight is 294 g/mol. The lowest BCUT2D eigenvalue weighted by atomic mass is 9.91. The van der Waals surface area contributed by atoms with Crippen molar-refractivity contribution in [1.82, 2.24) is 0 Å². The van der Waals surface area contributed by atoms with Crippen molar-refractivity contribution in [2.75, 3.05) is 0 Å². The summed E-state index contributed by atoms with van der Waals surface area (Å²) < 4.78 is 0. The molecular formula is C14H19Cl3. The number of halogens is 3. The Hall–Kier alpha value is 0.0900. The van der Waals surface area contributed by atoms with Gasteiger partial charge in [-0.15, -0.1) is 11.6 Å². The summed E-state index contributed by atoms with van der Waals surface area (Å²) in [5.74, 6) is 0.508. The SMILES string of the molecule is CCCCC(CC)C(Cl)c1ccc(Cl)c(Cl)c1. The van der Waals surface area contributed by atoms with Crippen LogP contribution in [0, 0.1) is 5.92 Å². The predicted octanol–water partition coefficient (Wildman–Crippen LogP) is 6.49. The molecule has 0 nitrogen and oxygen atoms in total. The first-order valence-electron chi connectivity index (χ1n) is 6.19. The minimum Gasteiger partial charge on any atom is -0.118 e. The first kappa shape index (κ1) is 15.1. The van der Waals surface area contributed by atoms with E-state index in [1.165, 1.54) is 19.3 Å². The summed E-state index contributed by atoms with van der Waals surface area (Å²) in [6.45, 7) is 4.39. The molecule has 2 unspecified atom stereocenters. The molecule has 0 fully saturated rings. The largest absolute Gasteiger partial charge is 0.118 e. The normalized spacial score (nSPS) is 14.6. The molecule has 1 aromatic rings. The smallest absolute Gasteiger partial charge is 0.0613 e. The van der Waals surface area contributed by atoms with Gasteiger partial charge in [-0.1, -0.05) is 62.4 Å². The van der Waals surface area contributed by atoms with Gasteiger partial charge in [0.25, 0.3) is 0 Å². The Kier molecular flexibility index (Phi) is 6.69. The van der Waals surface area contributed by atoms with Crippen LogP contribution in [0.3, 0.4) is 0 Å². The monoisotopic (exact) mass is 292 g/mol. The van der Waals surface area contributed by atoms with E-state index in [9.17, 15) is 0 Å². The van der Waals surface area contributed by atoms with E-state index in [0.717, 1.165) is 12.0 Å². The Balaban J connectivity index is 2.78. The fourth-order valence-electron chi connectivity index (χ4n) is 1.98. The number of hydrogen-bond donors (Lipinski definition) is 0. The van der Waals surface area contributed by atoms with Crippen LogP contribution in [0.15, 0.2) is 18.2 Å². The zero-order valence-corrected chi connectivity index (χ0v) is 12.6. The standard InChI is InChI=1S/C14H19Cl3/c1-3-5-6-10(4-2)14(17)11-7-8-12(15)13(16)9-11/h7-10,14H,3-6H2,1-2H3. The molecule has 1 rings (SSSR count). The van der Waals surface area contributed by atoms with Gasteiger partial charge in [-0.2, -0.15) is 0 Å². The molecule has 0 aliphatic heterocycles. The second-order valence-electron chi connectivity index (χ2n) is 4.39. The van der Waals surface area contributed by atoms with Crippen LogP contribution >= 0.6 is 34.8 Å². The molecule has 0 saturated heterocycles. The highest BCUT2D eigenvalue weighted by atomic mass is 35.5. The van der Waals surface area contributed by atoms with Gasteiger partial charge in [0, 0.05) is 0 Å². The summed E-state index contributed by atoms with van der Waals surface area (Å²) >= 11 is 18.5. The molecule has 1 aromatic carbocycles. The number of benzene rings is 1. The lowest BCUT2D eigenvalue weighted by molar-refractivity contribution is 0.437. The summed E-state index contributed by atoms with van der Waals surface area (Å²) in [6.07, 6.45) is 4.69. The quantitative estimate of drug-likeness (QED) is 0.526. The molecule has 0 saturated carbocycles. The van der Waals surface area contributed by atoms with Gasteiger partial charge in [0.15, 0.2) is 0 Å². The summed E-state index contributed by atoms with van der Waals surface area (Å²) in [7, 11) is 0. The van der Waals surface area contributed by atoms with E-state index in [-0.39, 0.29) is 5.38 Å². The molecule has 0 amide bonds. The summed E-state index contributed by atoms with van der Waals surface area (Å²) in [5, 5.41) is 1.20. The van der Waals surface area contributed by atoms with E-state index in [1.54, 1.807) is 0 Å². The molecule has 2 atom stereocenters. The Morgan fingerprint density at radius 3 is 2.35 bits per heavy atom. The van der Waals surface area contributed by atoms with Crippen molar-refractivity contribution in [1.29, 1.82) is 0 Å². The van der Waals surface area contributed by atoms with Crippen LogP contribution in [0.1, 0.15) is 50.5 Å². The molecule has 0 aromatic heterocycles. The van der Waals surface area contributed by atoms with Crippen LogP contribution in [0.25, 0.3) is 0 Å². The van der Waals surface area contributed by atoms with E-state index in [1.807, 2.05) is 18.2 Å². The van der Waals surface area contributed by atoms with Crippen LogP contribution in [0.2, 0.25) is 10.0 Å². The predicted molar refractivity (Wildman–Crippen MR) is 78.4 cm³/mol. The number of unbranched alkanes of at least 4 members (excludes halogenated alkanes) is 1. The molecule has 0 radical (unpaired) electrons. The van der Waals surface area contributed by atoms with Crippen molar-refractivity contribution in [3.8, 4) is 0 Å². The van der Waals surface area contributed by atoms with E-state index in [0.29, 0.717) is 16.0 Å². The Morgan fingerprint density at radius 2 is 1.82 bits per heavy atom. The Bertz CT molecular complexity index is 349. The van der Waals surface area contributed by atoms with Crippen molar-refractivity contribution in [2.24, 2.45) is 5.92 Å². The molecule has 17 heavy (non-hydrogen) atoms. The lowest BCUT2D eigenvalue weighted by Gasteiger charge is -2.21. The maximum Gasteiger partial charge on any atom is 0.0613 e. The van der Waals surface area contributed by atoms with Gasteiger partial charge in [-0.3, -0.25) is 0 Å². The summed E-state index contributed by atoms with van der Waals surface area (Å²) in [5.41, 5.74) is 1.07. The van der Waals surface area contributed by atoms with Gasteiger partial charge in [0.1, 0.15) is 0 Å². The van der Waals surface area contributed by atoms with E-state index >= 15 is 0 Å². The molecule has 0 heterocycles. The van der Waals surface area contributed by atoms with Crippen LogP contribution in [0.5, 0.6) is 0 Å². The molecule has 0 N–H and O–H groups in total. The zero-order valence-electron chi connectivity index (χ0n) is 10.3. The molecular weight excluding hydrogens is 275 g/mol. The van der Waals surface area contributed by atoms with Crippen molar-refractivity contribution >= 4 is 34.8 Å². The van der Waals surface area contributed by atoms with Crippen molar-refractivity contribution in [3.05, 3.63) is 33.8 Å². The minimum absolute atomic E-state index is 0.0290. The van der Waals surface area contributed by atoms with Gasteiger partial charge >= 0.3 is 0 Å². The Morgan fingerprint density at radius 1 is 1.12 bits per heavy atom. The lowest BCUT2D eigenvalue weighted by Crippen LogP contribution is -2.07. The van der Waals surface area contributed by atoms with E-state index in [4.69, 9.17) is 34.8 Å². The average Bonchev–Trinajstić information content (AvgIpc) is 2.33. The van der Waals surface area contributed by atoms with Crippen molar-refractivity contribution in [2.45, 2.75) is 44.9 Å². The van der Waals surface area contributed by atoms with Crippen molar-refractivity contribution in [3.63, 3.8) is 0 Å². The highest BCUT2D eigenvalue weighted by Crippen LogP contribution is 2.36. The van der Waals surface area contributed by atoms with Gasteiger partial charge in [0.05, 0.1) is 15.4 Å². The first-order valence-corrected chi connectivity index (χ1v) is 7.38. The third-order valence-corrected chi connectivity index (χ3v) is 4.48. The van der Waals surface area contributed by atoms with Crippen LogP contribution in [-0.4, -0.2) is 0 Å². The molecule has 0 spiro atoms. The highest BCUT2D eigenvalue weighted by molar-refractivity contribution is 6.42. The zero-order chi connectivity index (χ0) is 12.8. The van der Waals surface area contributed by atoms with Crippen LogP contribution < -0.4 is 0 Å². The summed E-state index contributed by atoms with van der Waals surface area (Å²) in [4.78, 5) is 0. The minimum atomic E-state index is 0.0290. The van der Waals surface area contributed by atoms with E-state index < -0.39 is 0 Å². The number of alkyl halides is 1. The molecule has 3 heteroatoms. The topological polar surface area (TPSA) is 0 Å². The fourth-order valence-corrected chi connectivity index (χ4v) is 2.73.